The van der Waals surface area contributed by atoms with Gasteiger partial charge in [-0.2, -0.15) is 0 Å². The lowest BCUT2D eigenvalue weighted by atomic mass is 10.0. The summed E-state index contributed by atoms with van der Waals surface area (Å²) < 4.78 is 6.98. The van der Waals surface area contributed by atoms with Crippen molar-refractivity contribution in [3.05, 3.63) is 39.7 Å². The predicted molar refractivity (Wildman–Crippen MR) is 77.8 cm³/mol. The van der Waals surface area contributed by atoms with Crippen LogP contribution in [-0.2, 0) is 13.5 Å². The molecule has 2 N–H and O–H groups in total. The molecule has 1 atom stereocenters. The largest absolute Gasteiger partial charge is 0.497 e. The Balaban J connectivity index is 2.77. The molecule has 1 aromatic heterocycles. The maximum atomic E-state index is 12.3. The smallest absolute Gasteiger partial charge is 0.254 e. The summed E-state index contributed by atoms with van der Waals surface area (Å²) in [6.45, 7) is 3.88. The van der Waals surface area contributed by atoms with E-state index in [2.05, 4.69) is 0 Å². The second-order valence-electron chi connectivity index (χ2n) is 5.10. The van der Waals surface area contributed by atoms with Crippen molar-refractivity contribution in [2.24, 2.45) is 12.8 Å². The fourth-order valence-corrected chi connectivity index (χ4v) is 2.52. The van der Waals surface area contributed by atoms with Crippen molar-refractivity contribution in [2.45, 2.75) is 26.3 Å². The first-order chi connectivity index (χ1) is 8.93. The molecule has 1 aromatic carbocycles. The summed E-state index contributed by atoms with van der Waals surface area (Å²) in [6.07, 6.45) is 0.582. The number of methoxy groups -OCH3 is 1. The summed E-state index contributed by atoms with van der Waals surface area (Å²) in [6, 6.07) is 5.78. The van der Waals surface area contributed by atoms with Crippen LogP contribution in [0.4, 0.5) is 0 Å². The summed E-state index contributed by atoms with van der Waals surface area (Å²) in [7, 11) is 3.44. The molecule has 0 fully saturated rings. The second-order valence-corrected chi connectivity index (χ2v) is 5.10. The monoisotopic (exact) mass is 260 g/mol. The van der Waals surface area contributed by atoms with Crippen molar-refractivity contribution in [2.75, 3.05) is 7.11 Å². The summed E-state index contributed by atoms with van der Waals surface area (Å²) >= 11 is 0. The van der Waals surface area contributed by atoms with Gasteiger partial charge in [0.25, 0.3) is 5.56 Å². The SMILES string of the molecule is COc1cc(C)c2c(c1)cc(CC(C)N)c(=O)n2C. The van der Waals surface area contributed by atoms with Crippen molar-refractivity contribution in [3.63, 3.8) is 0 Å². The molecule has 0 aliphatic heterocycles. The minimum absolute atomic E-state index is 0.0260. The van der Waals surface area contributed by atoms with Gasteiger partial charge in [0.1, 0.15) is 5.75 Å². The number of hydrogen-bond donors (Lipinski definition) is 1. The first-order valence-corrected chi connectivity index (χ1v) is 6.37. The molecule has 4 heteroatoms. The Morgan fingerprint density at radius 2 is 2.05 bits per heavy atom. The zero-order chi connectivity index (χ0) is 14.2. The quantitative estimate of drug-likeness (QED) is 0.914. The van der Waals surface area contributed by atoms with Gasteiger partial charge in [0.05, 0.1) is 12.6 Å². The van der Waals surface area contributed by atoms with Gasteiger partial charge in [0, 0.05) is 24.0 Å². The number of fused-ring (bicyclic) bond motifs is 1. The Hall–Kier alpha value is -1.81. The van der Waals surface area contributed by atoms with Crippen LogP contribution in [0.5, 0.6) is 5.75 Å². The van der Waals surface area contributed by atoms with Gasteiger partial charge in [-0.1, -0.05) is 0 Å². The number of hydrogen-bond acceptors (Lipinski definition) is 3. The standard InChI is InChI=1S/C15H20N2O2/c1-9-5-13(19-4)8-11-7-12(6-10(2)16)15(18)17(3)14(9)11/h5,7-8,10H,6,16H2,1-4H3. The fraction of sp³-hybridized carbons (Fsp3) is 0.400. The average Bonchev–Trinajstić information content (AvgIpc) is 2.34. The molecular weight excluding hydrogens is 240 g/mol. The van der Waals surface area contributed by atoms with Crippen LogP contribution in [0.15, 0.2) is 23.0 Å². The van der Waals surface area contributed by atoms with Crippen molar-refractivity contribution in [1.29, 1.82) is 0 Å². The summed E-state index contributed by atoms with van der Waals surface area (Å²) in [5.74, 6) is 0.801. The summed E-state index contributed by atoms with van der Waals surface area (Å²) in [5.41, 5.74) is 8.55. The van der Waals surface area contributed by atoms with Gasteiger partial charge in [-0.15, -0.1) is 0 Å². The molecule has 0 saturated carbocycles. The third kappa shape index (κ3) is 2.49. The van der Waals surface area contributed by atoms with Crippen LogP contribution < -0.4 is 16.0 Å². The normalized spacial score (nSPS) is 12.7. The number of benzene rings is 1. The second kappa shape index (κ2) is 5.05. The molecule has 2 aromatic rings. The zero-order valence-electron chi connectivity index (χ0n) is 11.9. The average molecular weight is 260 g/mol. The van der Waals surface area contributed by atoms with E-state index in [4.69, 9.17) is 10.5 Å². The lowest BCUT2D eigenvalue weighted by molar-refractivity contribution is 0.415. The van der Waals surface area contributed by atoms with Crippen LogP contribution in [0.25, 0.3) is 10.9 Å². The highest BCUT2D eigenvalue weighted by Crippen LogP contribution is 2.24. The number of nitrogens with zero attached hydrogens (tertiary/aromatic N) is 1. The van der Waals surface area contributed by atoms with E-state index < -0.39 is 0 Å². The van der Waals surface area contributed by atoms with E-state index in [0.717, 1.165) is 27.8 Å². The van der Waals surface area contributed by atoms with Crippen molar-refractivity contribution >= 4 is 10.9 Å². The van der Waals surface area contributed by atoms with Crippen molar-refractivity contribution in [3.8, 4) is 5.75 Å². The molecule has 0 radical (unpaired) electrons. The molecule has 0 aliphatic carbocycles. The third-order valence-corrected chi connectivity index (χ3v) is 3.33. The molecule has 0 amide bonds. The van der Waals surface area contributed by atoms with E-state index in [-0.39, 0.29) is 11.6 Å². The molecule has 4 nitrogen and oxygen atoms in total. The number of aryl methyl sites for hydroxylation is 2. The van der Waals surface area contributed by atoms with E-state index >= 15 is 0 Å². The lowest BCUT2D eigenvalue weighted by Gasteiger charge is -2.13. The maximum absolute atomic E-state index is 12.3. The summed E-state index contributed by atoms with van der Waals surface area (Å²) in [4.78, 5) is 12.3. The molecule has 19 heavy (non-hydrogen) atoms. The summed E-state index contributed by atoms with van der Waals surface area (Å²) in [5, 5.41) is 1.01. The molecular formula is C15H20N2O2. The number of pyridine rings is 1. The van der Waals surface area contributed by atoms with E-state index in [0.29, 0.717) is 6.42 Å². The van der Waals surface area contributed by atoms with E-state index in [9.17, 15) is 4.79 Å². The topological polar surface area (TPSA) is 57.2 Å². The molecule has 2 rings (SSSR count). The Morgan fingerprint density at radius 1 is 1.37 bits per heavy atom. The van der Waals surface area contributed by atoms with Gasteiger partial charge in [-0.25, -0.2) is 0 Å². The lowest BCUT2D eigenvalue weighted by Crippen LogP contribution is -2.27. The predicted octanol–water partition coefficient (Wildman–Crippen LogP) is 1.75. The Bertz CT molecular complexity index is 672. The van der Waals surface area contributed by atoms with Crippen LogP contribution in [0.1, 0.15) is 18.1 Å². The molecule has 0 spiro atoms. The molecule has 1 unspecified atom stereocenters. The van der Waals surface area contributed by atoms with Gasteiger partial charge >= 0.3 is 0 Å². The van der Waals surface area contributed by atoms with Crippen molar-refractivity contribution in [1.82, 2.24) is 4.57 Å². The highest BCUT2D eigenvalue weighted by Gasteiger charge is 2.11. The van der Waals surface area contributed by atoms with Crippen LogP contribution >= 0.6 is 0 Å². The molecule has 0 aliphatic rings. The van der Waals surface area contributed by atoms with Gasteiger partial charge in [0.2, 0.25) is 0 Å². The highest BCUT2D eigenvalue weighted by molar-refractivity contribution is 5.84. The highest BCUT2D eigenvalue weighted by atomic mass is 16.5. The first kappa shape index (κ1) is 13.6. The first-order valence-electron chi connectivity index (χ1n) is 6.37. The van der Waals surface area contributed by atoms with E-state index in [1.807, 2.05) is 32.0 Å². The van der Waals surface area contributed by atoms with Crippen molar-refractivity contribution < 1.29 is 4.74 Å². The van der Waals surface area contributed by atoms with Crippen LogP contribution in [0, 0.1) is 6.92 Å². The minimum Gasteiger partial charge on any atom is -0.497 e. The molecule has 0 bridgehead atoms. The van der Waals surface area contributed by atoms with E-state index in [1.165, 1.54) is 0 Å². The van der Waals surface area contributed by atoms with Gasteiger partial charge in [-0.3, -0.25) is 4.79 Å². The Morgan fingerprint density at radius 3 is 2.63 bits per heavy atom. The number of aromatic nitrogens is 1. The molecule has 102 valence electrons. The zero-order valence-corrected chi connectivity index (χ0v) is 11.9. The Labute approximate surface area is 112 Å². The van der Waals surface area contributed by atoms with Crippen LogP contribution in [0.3, 0.4) is 0 Å². The number of rotatable bonds is 3. The fourth-order valence-electron chi connectivity index (χ4n) is 2.52. The van der Waals surface area contributed by atoms with Crippen LogP contribution in [0.2, 0.25) is 0 Å². The van der Waals surface area contributed by atoms with Gasteiger partial charge in [-0.05, 0) is 44.0 Å². The third-order valence-electron chi connectivity index (χ3n) is 3.33. The van der Waals surface area contributed by atoms with Gasteiger partial charge in [0.15, 0.2) is 0 Å². The Kier molecular flexibility index (Phi) is 3.62. The van der Waals surface area contributed by atoms with E-state index in [1.54, 1.807) is 18.7 Å². The maximum Gasteiger partial charge on any atom is 0.254 e. The molecule has 1 heterocycles. The minimum atomic E-state index is -0.0307. The van der Waals surface area contributed by atoms with Crippen LogP contribution in [-0.4, -0.2) is 17.7 Å². The molecule has 0 saturated heterocycles. The number of nitrogens with two attached hydrogens (primary N) is 1. The van der Waals surface area contributed by atoms with Gasteiger partial charge < -0.3 is 15.0 Å². The number of ether oxygens (including phenoxy) is 1.